The van der Waals surface area contributed by atoms with Crippen LogP contribution in [0.3, 0.4) is 0 Å². The molecule has 0 spiro atoms. The maximum Gasteiger partial charge on any atom is 0.0995 e. The second kappa shape index (κ2) is 3.32. The van der Waals surface area contributed by atoms with Crippen LogP contribution in [0, 0.1) is 11.3 Å². The third-order valence-corrected chi connectivity index (χ3v) is 3.25. The molecule has 0 amide bonds. The number of hydrogen-bond donors (Lipinski definition) is 1. The lowest BCUT2D eigenvalue weighted by atomic mass is 10.0. The van der Waals surface area contributed by atoms with E-state index in [1.54, 1.807) is 11.3 Å². The minimum atomic E-state index is 0.708. The van der Waals surface area contributed by atoms with Gasteiger partial charge in [-0.1, -0.05) is 6.92 Å². The van der Waals surface area contributed by atoms with Crippen molar-refractivity contribution in [3.05, 3.63) is 28.6 Å². The summed E-state index contributed by atoms with van der Waals surface area (Å²) < 4.78 is 1.09. The van der Waals surface area contributed by atoms with Gasteiger partial charge in [0.2, 0.25) is 0 Å². The SMILES string of the molecule is CCc1c(C#N)cc2sccc2c1N. The standard InChI is InChI=1S/C11H10N2S/c1-2-8-7(6-12)5-10-9(11(8)13)3-4-14-10/h3-5H,2,13H2,1H3. The number of hydrogen-bond acceptors (Lipinski definition) is 3. The molecule has 0 saturated carbocycles. The highest BCUT2D eigenvalue weighted by atomic mass is 32.1. The van der Waals surface area contributed by atoms with Crippen molar-refractivity contribution >= 4 is 27.1 Å². The van der Waals surface area contributed by atoms with E-state index in [0.29, 0.717) is 5.56 Å². The summed E-state index contributed by atoms with van der Waals surface area (Å²) in [6, 6.07) is 6.13. The van der Waals surface area contributed by atoms with E-state index < -0.39 is 0 Å². The minimum absolute atomic E-state index is 0.708. The predicted molar refractivity (Wildman–Crippen MR) is 60.3 cm³/mol. The Hall–Kier alpha value is -1.53. The Labute approximate surface area is 86.6 Å². The van der Waals surface area contributed by atoms with Crippen molar-refractivity contribution in [1.82, 2.24) is 0 Å². The average Bonchev–Trinajstić information content (AvgIpc) is 2.65. The van der Waals surface area contributed by atoms with Crippen LogP contribution < -0.4 is 5.73 Å². The van der Waals surface area contributed by atoms with Crippen LogP contribution in [-0.4, -0.2) is 0 Å². The molecule has 0 unspecified atom stereocenters. The van der Waals surface area contributed by atoms with Gasteiger partial charge in [0, 0.05) is 15.8 Å². The molecule has 1 aromatic carbocycles. The predicted octanol–water partition coefficient (Wildman–Crippen LogP) is 2.92. The molecule has 1 heterocycles. The number of thiophene rings is 1. The fourth-order valence-corrected chi connectivity index (χ4v) is 2.50. The van der Waals surface area contributed by atoms with E-state index in [-0.39, 0.29) is 0 Å². The minimum Gasteiger partial charge on any atom is -0.398 e. The van der Waals surface area contributed by atoms with Gasteiger partial charge in [0.1, 0.15) is 0 Å². The van der Waals surface area contributed by atoms with Crippen LogP contribution in [0.2, 0.25) is 0 Å². The van der Waals surface area contributed by atoms with Crippen molar-refractivity contribution in [3.8, 4) is 6.07 Å². The third-order valence-electron chi connectivity index (χ3n) is 2.39. The number of benzene rings is 1. The quantitative estimate of drug-likeness (QED) is 0.723. The van der Waals surface area contributed by atoms with Crippen LogP contribution in [0.1, 0.15) is 18.1 Å². The van der Waals surface area contributed by atoms with E-state index >= 15 is 0 Å². The zero-order valence-corrected chi connectivity index (χ0v) is 8.69. The third kappa shape index (κ3) is 1.16. The van der Waals surface area contributed by atoms with Crippen LogP contribution in [0.5, 0.6) is 0 Å². The summed E-state index contributed by atoms with van der Waals surface area (Å²) in [5, 5.41) is 12.0. The van der Waals surface area contributed by atoms with Gasteiger partial charge < -0.3 is 5.73 Å². The van der Waals surface area contributed by atoms with E-state index in [4.69, 9.17) is 11.0 Å². The van der Waals surface area contributed by atoms with Crippen LogP contribution in [-0.2, 0) is 6.42 Å². The van der Waals surface area contributed by atoms with Gasteiger partial charge in [0.25, 0.3) is 0 Å². The summed E-state index contributed by atoms with van der Waals surface area (Å²) >= 11 is 1.62. The van der Waals surface area contributed by atoms with Crippen molar-refractivity contribution < 1.29 is 0 Å². The smallest absolute Gasteiger partial charge is 0.0995 e. The molecule has 0 aliphatic heterocycles. The molecule has 2 rings (SSSR count). The molecule has 14 heavy (non-hydrogen) atoms. The van der Waals surface area contributed by atoms with Gasteiger partial charge in [-0.25, -0.2) is 0 Å². The van der Waals surface area contributed by atoms with E-state index in [1.165, 1.54) is 0 Å². The van der Waals surface area contributed by atoms with Crippen molar-refractivity contribution in [3.63, 3.8) is 0 Å². The number of anilines is 1. The summed E-state index contributed by atoms with van der Waals surface area (Å²) in [6.45, 7) is 2.02. The molecule has 2 aromatic rings. The highest BCUT2D eigenvalue weighted by Gasteiger charge is 2.09. The molecule has 2 nitrogen and oxygen atoms in total. The number of rotatable bonds is 1. The second-order valence-corrected chi connectivity index (χ2v) is 4.06. The van der Waals surface area contributed by atoms with Gasteiger partial charge in [-0.15, -0.1) is 11.3 Å². The summed E-state index contributed by atoms with van der Waals surface area (Å²) in [4.78, 5) is 0. The Morgan fingerprint density at radius 2 is 2.36 bits per heavy atom. The fourth-order valence-electron chi connectivity index (χ4n) is 1.66. The van der Waals surface area contributed by atoms with Crippen molar-refractivity contribution in [2.75, 3.05) is 5.73 Å². The van der Waals surface area contributed by atoms with Gasteiger partial charge in [-0.05, 0) is 29.5 Å². The zero-order chi connectivity index (χ0) is 10.1. The molecule has 0 bridgehead atoms. The largest absolute Gasteiger partial charge is 0.398 e. The lowest BCUT2D eigenvalue weighted by Crippen LogP contribution is -1.96. The molecule has 0 atom stereocenters. The van der Waals surface area contributed by atoms with E-state index in [2.05, 4.69) is 6.07 Å². The summed E-state index contributed by atoms with van der Waals surface area (Å²) in [5.41, 5.74) is 8.45. The molecule has 0 aliphatic carbocycles. The summed E-state index contributed by atoms with van der Waals surface area (Å²) in [7, 11) is 0. The Kier molecular flexibility index (Phi) is 2.14. The molecule has 0 fully saturated rings. The van der Waals surface area contributed by atoms with E-state index in [9.17, 15) is 0 Å². The highest BCUT2D eigenvalue weighted by Crippen LogP contribution is 2.31. The number of nitrogens with zero attached hydrogens (tertiary/aromatic N) is 1. The molecule has 0 radical (unpaired) electrons. The Balaban J connectivity index is 2.87. The Bertz CT molecular complexity index is 520. The molecule has 70 valence electrons. The van der Waals surface area contributed by atoms with Gasteiger partial charge in [-0.2, -0.15) is 5.26 Å². The molecular weight excluding hydrogens is 192 g/mol. The number of fused-ring (bicyclic) bond motifs is 1. The zero-order valence-electron chi connectivity index (χ0n) is 7.87. The molecule has 0 aliphatic rings. The summed E-state index contributed by atoms with van der Waals surface area (Å²) in [5.74, 6) is 0. The molecule has 1 aromatic heterocycles. The molecule has 0 saturated heterocycles. The van der Waals surface area contributed by atoms with Crippen LogP contribution in [0.15, 0.2) is 17.5 Å². The van der Waals surface area contributed by atoms with Crippen LogP contribution >= 0.6 is 11.3 Å². The number of nitriles is 1. The molecular formula is C11H10N2S. The van der Waals surface area contributed by atoms with Crippen molar-refractivity contribution in [2.45, 2.75) is 13.3 Å². The Morgan fingerprint density at radius 1 is 1.57 bits per heavy atom. The Morgan fingerprint density at radius 3 is 3.00 bits per heavy atom. The van der Waals surface area contributed by atoms with E-state index in [0.717, 1.165) is 27.8 Å². The van der Waals surface area contributed by atoms with Gasteiger partial charge in [0.15, 0.2) is 0 Å². The van der Waals surface area contributed by atoms with Gasteiger partial charge in [0.05, 0.1) is 11.6 Å². The first kappa shape index (κ1) is 9.04. The van der Waals surface area contributed by atoms with E-state index in [1.807, 2.05) is 24.4 Å². The first-order valence-electron chi connectivity index (χ1n) is 4.46. The number of nitrogens with two attached hydrogens (primary N) is 1. The van der Waals surface area contributed by atoms with Crippen LogP contribution in [0.4, 0.5) is 5.69 Å². The lowest BCUT2D eigenvalue weighted by molar-refractivity contribution is 1.14. The fraction of sp³-hybridized carbons (Fsp3) is 0.182. The normalized spacial score (nSPS) is 10.3. The number of nitrogen functional groups attached to an aromatic ring is 1. The lowest BCUT2D eigenvalue weighted by Gasteiger charge is -2.06. The van der Waals surface area contributed by atoms with Crippen molar-refractivity contribution in [2.24, 2.45) is 0 Å². The molecule has 3 heteroatoms. The first-order chi connectivity index (χ1) is 6.77. The van der Waals surface area contributed by atoms with Crippen molar-refractivity contribution in [1.29, 1.82) is 5.26 Å². The van der Waals surface area contributed by atoms with Gasteiger partial charge in [-0.3, -0.25) is 0 Å². The average molecular weight is 202 g/mol. The maximum atomic E-state index is 8.97. The first-order valence-corrected chi connectivity index (χ1v) is 5.34. The highest BCUT2D eigenvalue weighted by molar-refractivity contribution is 7.17. The molecule has 2 N–H and O–H groups in total. The van der Waals surface area contributed by atoms with Gasteiger partial charge >= 0.3 is 0 Å². The van der Waals surface area contributed by atoms with Crippen LogP contribution in [0.25, 0.3) is 10.1 Å². The summed E-state index contributed by atoms with van der Waals surface area (Å²) in [6.07, 6.45) is 0.806. The topological polar surface area (TPSA) is 49.8 Å². The second-order valence-electron chi connectivity index (χ2n) is 3.11. The monoisotopic (exact) mass is 202 g/mol. The maximum absolute atomic E-state index is 8.97.